The normalized spacial score (nSPS) is 11.1. The molecule has 154 valence electrons. The molecular weight excluding hydrogens is 416 g/mol. The molecule has 0 fully saturated rings. The van der Waals surface area contributed by atoms with E-state index >= 15 is 0 Å². The Hall–Kier alpha value is -3.98. The average molecular weight is 433 g/mol. The van der Waals surface area contributed by atoms with E-state index in [1.165, 1.54) is 12.7 Å². The van der Waals surface area contributed by atoms with Gasteiger partial charge in [-0.05, 0) is 36.4 Å². The number of nitrogens with zero attached hydrogens (tertiary/aromatic N) is 7. The average Bonchev–Trinajstić information content (AvgIpc) is 3.23. The van der Waals surface area contributed by atoms with Crippen LogP contribution in [0.2, 0.25) is 5.02 Å². The molecule has 1 N–H and O–H groups in total. The second kappa shape index (κ2) is 7.69. The maximum absolute atomic E-state index is 6.47. The van der Waals surface area contributed by atoms with Crippen molar-refractivity contribution >= 4 is 45.6 Å². The number of hydrogen-bond donors (Lipinski definition) is 1. The Morgan fingerprint density at radius 2 is 1.90 bits per heavy atom. The topological polar surface area (TPSA) is 93.4 Å². The molecule has 0 aliphatic heterocycles. The zero-order chi connectivity index (χ0) is 21.4. The summed E-state index contributed by atoms with van der Waals surface area (Å²) < 4.78 is 7.58. The van der Waals surface area contributed by atoms with E-state index in [-0.39, 0.29) is 0 Å². The lowest BCUT2D eigenvalue weighted by molar-refractivity contribution is 0.482. The van der Waals surface area contributed by atoms with Crippen LogP contribution in [-0.2, 0) is 0 Å². The van der Waals surface area contributed by atoms with Gasteiger partial charge in [0.25, 0.3) is 0 Å². The maximum atomic E-state index is 6.47. The summed E-state index contributed by atoms with van der Waals surface area (Å²) in [5.41, 5.74) is 2.86. The molecule has 5 aromatic rings. The molecule has 10 heteroatoms. The molecule has 0 saturated carbocycles. The zero-order valence-electron chi connectivity index (χ0n) is 16.7. The number of rotatable bonds is 5. The molecule has 0 amide bonds. The lowest BCUT2D eigenvalue weighted by atomic mass is 10.2. The van der Waals surface area contributed by atoms with Crippen LogP contribution in [0.4, 0.5) is 17.3 Å². The molecule has 0 spiro atoms. The molecule has 1 aromatic carbocycles. The summed E-state index contributed by atoms with van der Waals surface area (Å²) in [6, 6.07) is 12.8. The van der Waals surface area contributed by atoms with Crippen LogP contribution in [0.25, 0.3) is 16.7 Å². The summed E-state index contributed by atoms with van der Waals surface area (Å²) in [5.74, 6) is 2.55. The summed E-state index contributed by atoms with van der Waals surface area (Å²) in [7, 11) is 3.87. The molecule has 0 atom stereocenters. The fraction of sp³-hybridized carbons (Fsp3) is 0.0952. The van der Waals surface area contributed by atoms with Gasteiger partial charge in [0.1, 0.15) is 35.5 Å². The highest BCUT2D eigenvalue weighted by molar-refractivity contribution is 6.32. The molecule has 0 unspecified atom stereocenters. The molecule has 0 bridgehead atoms. The van der Waals surface area contributed by atoms with Crippen molar-refractivity contribution in [2.45, 2.75) is 0 Å². The Bertz CT molecular complexity index is 1400. The number of pyridine rings is 2. The number of ether oxygens (including phenoxy) is 1. The van der Waals surface area contributed by atoms with Crippen molar-refractivity contribution in [2.75, 3.05) is 24.3 Å². The number of anilines is 3. The highest BCUT2D eigenvalue weighted by Crippen LogP contribution is 2.33. The second-order valence-corrected chi connectivity index (χ2v) is 7.36. The molecule has 0 aliphatic rings. The quantitative estimate of drug-likeness (QED) is 0.438. The van der Waals surface area contributed by atoms with Crippen LogP contribution in [0, 0.1) is 0 Å². The minimum Gasteiger partial charge on any atom is -0.456 e. The third-order valence-corrected chi connectivity index (χ3v) is 4.90. The lowest BCUT2D eigenvalue weighted by Gasteiger charge is -2.14. The van der Waals surface area contributed by atoms with Crippen molar-refractivity contribution in [1.82, 2.24) is 29.5 Å². The first-order valence-electron chi connectivity index (χ1n) is 9.40. The third-order valence-electron chi connectivity index (χ3n) is 4.60. The van der Waals surface area contributed by atoms with Crippen molar-refractivity contribution in [1.29, 1.82) is 0 Å². The fourth-order valence-corrected chi connectivity index (χ4v) is 3.27. The smallest absolute Gasteiger partial charge is 0.160 e. The van der Waals surface area contributed by atoms with Crippen LogP contribution in [-0.4, -0.2) is 43.6 Å². The van der Waals surface area contributed by atoms with Crippen LogP contribution in [0.15, 0.2) is 61.3 Å². The van der Waals surface area contributed by atoms with Gasteiger partial charge in [-0.25, -0.2) is 24.5 Å². The second-order valence-electron chi connectivity index (χ2n) is 6.95. The van der Waals surface area contributed by atoms with Crippen molar-refractivity contribution in [2.24, 2.45) is 0 Å². The first-order chi connectivity index (χ1) is 15.1. The highest BCUT2D eigenvalue weighted by atomic mass is 35.5. The predicted octanol–water partition coefficient (Wildman–Crippen LogP) is 4.32. The van der Waals surface area contributed by atoms with Crippen LogP contribution in [0.1, 0.15) is 0 Å². The third kappa shape index (κ3) is 3.78. The van der Waals surface area contributed by atoms with Crippen LogP contribution < -0.4 is 15.0 Å². The molecule has 0 saturated heterocycles. The van der Waals surface area contributed by atoms with Crippen molar-refractivity contribution in [3.63, 3.8) is 0 Å². The van der Waals surface area contributed by atoms with Gasteiger partial charge in [-0.3, -0.25) is 0 Å². The maximum Gasteiger partial charge on any atom is 0.160 e. The summed E-state index contributed by atoms with van der Waals surface area (Å²) in [6.45, 7) is 0. The number of fused-ring (bicyclic) bond motifs is 2. The Morgan fingerprint density at radius 1 is 1.00 bits per heavy atom. The van der Waals surface area contributed by atoms with Gasteiger partial charge in [-0.15, -0.1) is 0 Å². The number of nitrogens with one attached hydrogen (secondary N) is 1. The molecular formula is C21H17ClN8O. The molecule has 5 rings (SSSR count). The Balaban J connectivity index is 1.42. The fourth-order valence-electron chi connectivity index (χ4n) is 3.06. The zero-order valence-corrected chi connectivity index (χ0v) is 17.4. The van der Waals surface area contributed by atoms with Gasteiger partial charge in [0.05, 0.1) is 10.5 Å². The first-order valence-corrected chi connectivity index (χ1v) is 9.77. The first kappa shape index (κ1) is 19.0. The van der Waals surface area contributed by atoms with Crippen molar-refractivity contribution in [3.8, 4) is 11.5 Å². The molecule has 0 aliphatic carbocycles. The van der Waals surface area contributed by atoms with E-state index in [2.05, 4.69) is 30.4 Å². The standard InChI is InChI=1S/C21H17ClN8O/c1-29(2)18-6-4-16-20(28-18)21(25-11-23-16)27-13-3-5-17(15(22)9-13)31-14-7-8-30-19(10-14)24-12-26-30/h3-12H,1-2H3,(H,23,25,27). The van der Waals surface area contributed by atoms with E-state index < -0.39 is 0 Å². The number of halogens is 1. The summed E-state index contributed by atoms with van der Waals surface area (Å²) in [4.78, 5) is 19.4. The molecule has 4 heterocycles. The predicted molar refractivity (Wildman–Crippen MR) is 119 cm³/mol. The molecule has 31 heavy (non-hydrogen) atoms. The largest absolute Gasteiger partial charge is 0.456 e. The lowest BCUT2D eigenvalue weighted by Crippen LogP contribution is -2.11. The van der Waals surface area contributed by atoms with E-state index in [0.717, 1.165) is 17.0 Å². The number of hydrogen-bond acceptors (Lipinski definition) is 8. The van der Waals surface area contributed by atoms with Crippen molar-refractivity contribution in [3.05, 3.63) is 66.3 Å². The van der Waals surface area contributed by atoms with Gasteiger partial charge >= 0.3 is 0 Å². The van der Waals surface area contributed by atoms with Gasteiger partial charge in [0.15, 0.2) is 11.5 Å². The summed E-state index contributed by atoms with van der Waals surface area (Å²) in [6.07, 6.45) is 4.76. The van der Waals surface area contributed by atoms with E-state index in [0.29, 0.717) is 33.5 Å². The van der Waals surface area contributed by atoms with Gasteiger partial charge in [-0.1, -0.05) is 11.6 Å². The van der Waals surface area contributed by atoms with Crippen LogP contribution >= 0.6 is 11.6 Å². The van der Waals surface area contributed by atoms with Gasteiger partial charge < -0.3 is 15.0 Å². The number of aromatic nitrogens is 6. The molecule has 4 aromatic heterocycles. The van der Waals surface area contributed by atoms with Gasteiger partial charge in [0.2, 0.25) is 0 Å². The monoisotopic (exact) mass is 432 g/mol. The van der Waals surface area contributed by atoms with Crippen LogP contribution in [0.3, 0.4) is 0 Å². The van der Waals surface area contributed by atoms with Crippen molar-refractivity contribution < 1.29 is 4.74 Å². The molecule has 9 nitrogen and oxygen atoms in total. The highest BCUT2D eigenvalue weighted by Gasteiger charge is 2.10. The summed E-state index contributed by atoms with van der Waals surface area (Å²) >= 11 is 6.47. The minimum absolute atomic E-state index is 0.451. The van der Waals surface area contributed by atoms with Crippen LogP contribution in [0.5, 0.6) is 11.5 Å². The van der Waals surface area contributed by atoms with E-state index in [9.17, 15) is 0 Å². The Morgan fingerprint density at radius 3 is 2.74 bits per heavy atom. The SMILES string of the molecule is CN(C)c1ccc2ncnc(Nc3ccc(Oc4ccn5ncnc5c4)c(Cl)c3)c2n1. The van der Waals surface area contributed by atoms with Gasteiger partial charge in [-0.2, -0.15) is 5.10 Å². The Kier molecular flexibility index (Phi) is 4.72. The number of benzene rings is 1. The van der Waals surface area contributed by atoms with E-state index in [1.54, 1.807) is 35.0 Å². The van der Waals surface area contributed by atoms with E-state index in [1.807, 2.05) is 37.2 Å². The summed E-state index contributed by atoms with van der Waals surface area (Å²) in [5, 5.41) is 7.79. The molecule has 0 radical (unpaired) electrons. The Labute approximate surface area is 182 Å². The van der Waals surface area contributed by atoms with Gasteiger partial charge in [0, 0.05) is 32.0 Å². The minimum atomic E-state index is 0.451. The van der Waals surface area contributed by atoms with E-state index in [4.69, 9.17) is 16.3 Å².